The van der Waals surface area contributed by atoms with E-state index in [0.717, 1.165) is 19.1 Å². The monoisotopic (exact) mass is 364 g/mol. The van der Waals surface area contributed by atoms with Crippen molar-refractivity contribution in [2.45, 2.75) is 44.8 Å². The standard InChI is InChI=1S/C23H28O2Si/c1-23(2,3)26(18-10-6-4-7-11-18,19-12-8-5-9-13-19)25-17-14-20-21(15-17)22(20)16-24/h4-13,16-17,20-22H,14-15H2,1-3H3/t17?,20-,21+,22?. The lowest BCUT2D eigenvalue weighted by Crippen LogP contribution is -2.67. The van der Waals surface area contributed by atoms with Crippen molar-refractivity contribution in [3.05, 3.63) is 60.7 Å². The molecule has 2 saturated carbocycles. The zero-order valence-corrected chi connectivity index (χ0v) is 16.9. The quantitative estimate of drug-likeness (QED) is 0.596. The molecule has 2 aliphatic rings. The third-order valence-corrected chi connectivity index (χ3v) is 11.5. The van der Waals surface area contributed by atoms with Gasteiger partial charge in [0.05, 0.1) is 0 Å². The van der Waals surface area contributed by atoms with E-state index in [1.165, 1.54) is 10.4 Å². The fraction of sp³-hybridized carbons (Fsp3) is 0.435. The second-order valence-corrected chi connectivity index (χ2v) is 13.2. The van der Waals surface area contributed by atoms with Gasteiger partial charge in [0, 0.05) is 12.0 Å². The summed E-state index contributed by atoms with van der Waals surface area (Å²) in [6, 6.07) is 21.7. The number of carbonyl (C=O) groups excluding carboxylic acids is 1. The van der Waals surface area contributed by atoms with Crippen LogP contribution in [-0.4, -0.2) is 20.7 Å². The first-order chi connectivity index (χ1) is 12.5. The van der Waals surface area contributed by atoms with Crippen LogP contribution in [0.25, 0.3) is 0 Å². The van der Waals surface area contributed by atoms with Gasteiger partial charge in [0.1, 0.15) is 6.29 Å². The highest BCUT2D eigenvalue weighted by Gasteiger charge is 2.59. The zero-order chi connectivity index (χ0) is 18.4. The van der Waals surface area contributed by atoms with Crippen LogP contribution in [0.4, 0.5) is 0 Å². The molecule has 2 aliphatic carbocycles. The van der Waals surface area contributed by atoms with E-state index in [0.29, 0.717) is 17.8 Å². The average Bonchev–Trinajstić information content (AvgIpc) is 3.12. The minimum atomic E-state index is -2.44. The number of benzene rings is 2. The zero-order valence-electron chi connectivity index (χ0n) is 15.9. The Balaban J connectivity index is 1.75. The minimum absolute atomic E-state index is 0.0204. The van der Waals surface area contributed by atoms with Crippen LogP contribution in [0.2, 0.25) is 5.04 Å². The fourth-order valence-electron chi connectivity index (χ4n) is 5.08. The Morgan fingerprint density at radius 1 is 0.885 bits per heavy atom. The van der Waals surface area contributed by atoms with Crippen molar-refractivity contribution in [1.82, 2.24) is 0 Å². The van der Waals surface area contributed by atoms with Crippen LogP contribution in [0, 0.1) is 17.8 Å². The molecule has 2 nitrogen and oxygen atoms in total. The lowest BCUT2D eigenvalue weighted by atomic mass is 10.1. The highest BCUT2D eigenvalue weighted by atomic mass is 28.4. The number of hydrogen-bond acceptors (Lipinski definition) is 2. The first-order valence-corrected chi connectivity index (χ1v) is 11.6. The van der Waals surface area contributed by atoms with E-state index in [-0.39, 0.29) is 11.1 Å². The largest absolute Gasteiger partial charge is 0.404 e. The summed E-state index contributed by atoms with van der Waals surface area (Å²) in [5.74, 6) is 1.43. The Labute approximate surface area is 157 Å². The summed E-state index contributed by atoms with van der Waals surface area (Å²) in [4.78, 5) is 11.1. The third-order valence-electron chi connectivity index (χ3n) is 6.39. The summed E-state index contributed by atoms with van der Waals surface area (Å²) in [6.45, 7) is 6.97. The van der Waals surface area contributed by atoms with E-state index in [4.69, 9.17) is 4.43 Å². The van der Waals surface area contributed by atoms with Gasteiger partial charge in [-0.2, -0.15) is 0 Å². The number of fused-ring (bicyclic) bond motifs is 1. The van der Waals surface area contributed by atoms with Crippen molar-refractivity contribution in [3.8, 4) is 0 Å². The molecule has 2 aromatic carbocycles. The van der Waals surface area contributed by atoms with Crippen LogP contribution < -0.4 is 10.4 Å². The second kappa shape index (κ2) is 6.47. The number of rotatable bonds is 5. The molecule has 0 heterocycles. The van der Waals surface area contributed by atoms with Gasteiger partial charge < -0.3 is 9.22 Å². The van der Waals surface area contributed by atoms with Crippen molar-refractivity contribution in [1.29, 1.82) is 0 Å². The molecule has 0 aromatic heterocycles. The first kappa shape index (κ1) is 17.7. The van der Waals surface area contributed by atoms with Gasteiger partial charge in [-0.3, -0.25) is 0 Å². The molecule has 4 rings (SSSR count). The van der Waals surface area contributed by atoms with E-state index in [1.807, 2.05) is 0 Å². The molecule has 0 spiro atoms. The van der Waals surface area contributed by atoms with Crippen LogP contribution >= 0.6 is 0 Å². The average molecular weight is 365 g/mol. The topological polar surface area (TPSA) is 26.3 Å². The Kier molecular flexibility index (Phi) is 4.40. The van der Waals surface area contributed by atoms with E-state index in [1.54, 1.807) is 0 Å². The molecule has 2 fully saturated rings. The van der Waals surface area contributed by atoms with E-state index < -0.39 is 8.32 Å². The maximum Gasteiger partial charge on any atom is 0.261 e. The highest BCUT2D eigenvalue weighted by Crippen LogP contribution is 2.58. The van der Waals surface area contributed by atoms with Crippen molar-refractivity contribution in [3.63, 3.8) is 0 Å². The predicted octanol–water partition coefficient (Wildman–Crippen LogP) is 3.79. The summed E-state index contributed by atoms with van der Waals surface area (Å²) in [6.07, 6.45) is 3.51. The summed E-state index contributed by atoms with van der Waals surface area (Å²) in [5, 5.41) is 2.70. The van der Waals surface area contributed by atoms with Crippen LogP contribution in [0.5, 0.6) is 0 Å². The molecule has 0 saturated heterocycles. The number of carbonyl (C=O) groups is 1. The van der Waals surface area contributed by atoms with Crippen LogP contribution in [0.3, 0.4) is 0 Å². The van der Waals surface area contributed by atoms with Gasteiger partial charge in [-0.15, -0.1) is 0 Å². The molecular formula is C23H28O2Si. The lowest BCUT2D eigenvalue weighted by Gasteiger charge is -2.45. The summed E-state index contributed by atoms with van der Waals surface area (Å²) in [5.41, 5.74) is 0. The lowest BCUT2D eigenvalue weighted by molar-refractivity contribution is -0.109. The maximum absolute atomic E-state index is 11.1. The fourth-order valence-corrected chi connectivity index (χ4v) is 9.79. The highest BCUT2D eigenvalue weighted by molar-refractivity contribution is 6.99. The van der Waals surface area contributed by atoms with Crippen LogP contribution in [-0.2, 0) is 9.22 Å². The summed E-state index contributed by atoms with van der Waals surface area (Å²) in [7, 11) is -2.44. The van der Waals surface area contributed by atoms with E-state index in [2.05, 4.69) is 81.4 Å². The third kappa shape index (κ3) is 2.78. The van der Waals surface area contributed by atoms with Gasteiger partial charge in [0.15, 0.2) is 0 Å². The molecule has 2 unspecified atom stereocenters. The van der Waals surface area contributed by atoms with Gasteiger partial charge in [-0.05, 0) is 40.1 Å². The molecule has 0 aliphatic heterocycles. The molecule has 0 bridgehead atoms. The molecule has 26 heavy (non-hydrogen) atoms. The summed E-state index contributed by atoms with van der Waals surface area (Å²) >= 11 is 0. The van der Waals surface area contributed by atoms with Crippen molar-refractivity contribution < 1.29 is 9.22 Å². The Morgan fingerprint density at radius 2 is 1.35 bits per heavy atom. The predicted molar refractivity (Wildman–Crippen MR) is 108 cm³/mol. The second-order valence-electron chi connectivity index (χ2n) is 8.92. The SMILES string of the molecule is CC(C)(C)[Si](OC1C[C@@H]2C(C=O)[C@@H]2C1)(c1ccccc1)c1ccccc1. The molecule has 3 heteroatoms. The van der Waals surface area contributed by atoms with Gasteiger partial charge in [-0.1, -0.05) is 81.4 Å². The van der Waals surface area contributed by atoms with Crippen LogP contribution in [0.15, 0.2) is 60.7 Å². The van der Waals surface area contributed by atoms with Crippen LogP contribution in [0.1, 0.15) is 33.6 Å². The molecule has 0 N–H and O–H groups in total. The van der Waals surface area contributed by atoms with Gasteiger partial charge in [-0.25, -0.2) is 0 Å². The molecule has 2 aromatic rings. The van der Waals surface area contributed by atoms with E-state index >= 15 is 0 Å². The van der Waals surface area contributed by atoms with Crippen molar-refractivity contribution >= 4 is 25.0 Å². The Morgan fingerprint density at radius 3 is 1.73 bits per heavy atom. The van der Waals surface area contributed by atoms with Gasteiger partial charge >= 0.3 is 0 Å². The summed E-state index contributed by atoms with van der Waals surface area (Å²) < 4.78 is 7.15. The Bertz CT molecular complexity index is 714. The van der Waals surface area contributed by atoms with Gasteiger partial charge in [0.25, 0.3) is 8.32 Å². The molecule has 0 amide bonds. The van der Waals surface area contributed by atoms with Gasteiger partial charge in [0.2, 0.25) is 0 Å². The first-order valence-electron chi connectivity index (χ1n) is 9.71. The maximum atomic E-state index is 11.1. The van der Waals surface area contributed by atoms with Crippen molar-refractivity contribution in [2.24, 2.45) is 17.8 Å². The Hall–Kier alpha value is -1.71. The van der Waals surface area contributed by atoms with E-state index in [9.17, 15) is 4.79 Å². The normalized spacial score (nSPS) is 27.8. The molecule has 0 radical (unpaired) electrons. The minimum Gasteiger partial charge on any atom is -0.404 e. The molecule has 136 valence electrons. The van der Waals surface area contributed by atoms with Crippen molar-refractivity contribution in [2.75, 3.05) is 0 Å². The molecular weight excluding hydrogens is 336 g/mol. The number of hydrogen-bond donors (Lipinski definition) is 0. The smallest absolute Gasteiger partial charge is 0.261 e. The molecule has 4 atom stereocenters. The number of aldehydes is 1.